The lowest BCUT2D eigenvalue weighted by Crippen LogP contribution is -2.18. The van der Waals surface area contributed by atoms with Gasteiger partial charge in [-0.3, -0.25) is 10.1 Å². The molecule has 18 heavy (non-hydrogen) atoms. The van der Waals surface area contributed by atoms with Crippen LogP contribution in [0.5, 0.6) is 0 Å². The van der Waals surface area contributed by atoms with Gasteiger partial charge in [-0.2, -0.15) is 0 Å². The number of hydrogen-bond donors (Lipinski definition) is 2. The highest BCUT2D eigenvalue weighted by Gasteiger charge is 2.22. The summed E-state index contributed by atoms with van der Waals surface area (Å²) in [4.78, 5) is 21.2. The maximum Gasteiger partial charge on any atom is 0.343 e. The van der Waals surface area contributed by atoms with Crippen LogP contribution in [0.1, 0.15) is 22.8 Å². The standard InChI is InChI=1S/C12H14N2O4/c1-8(2)6-13-7-9-4-3-5-10(14(17)18)11(9)12(15)16/h3-5,13H,1,6-7H2,2H3,(H,15,16). The lowest BCUT2D eigenvalue weighted by Gasteiger charge is -2.08. The summed E-state index contributed by atoms with van der Waals surface area (Å²) in [5.74, 6) is -1.30. The van der Waals surface area contributed by atoms with Gasteiger partial charge in [0.05, 0.1) is 4.92 Å². The van der Waals surface area contributed by atoms with E-state index in [9.17, 15) is 14.9 Å². The molecule has 0 aliphatic carbocycles. The second kappa shape index (κ2) is 5.92. The smallest absolute Gasteiger partial charge is 0.343 e. The lowest BCUT2D eigenvalue weighted by molar-refractivity contribution is -0.385. The van der Waals surface area contributed by atoms with E-state index in [2.05, 4.69) is 11.9 Å². The lowest BCUT2D eigenvalue weighted by atomic mass is 10.1. The topological polar surface area (TPSA) is 92.5 Å². The molecule has 6 nitrogen and oxygen atoms in total. The molecule has 2 N–H and O–H groups in total. The molecule has 0 saturated carbocycles. The van der Waals surface area contributed by atoms with E-state index in [0.29, 0.717) is 12.1 Å². The average molecular weight is 250 g/mol. The quantitative estimate of drug-likeness (QED) is 0.457. The predicted molar refractivity (Wildman–Crippen MR) is 66.6 cm³/mol. The predicted octanol–water partition coefficient (Wildman–Crippen LogP) is 1.96. The summed E-state index contributed by atoms with van der Waals surface area (Å²) in [5, 5.41) is 22.8. The Balaban J connectivity index is 3.03. The van der Waals surface area contributed by atoms with Gasteiger partial charge in [-0.1, -0.05) is 24.3 Å². The van der Waals surface area contributed by atoms with Gasteiger partial charge >= 0.3 is 5.97 Å². The third kappa shape index (κ3) is 3.39. The molecule has 0 heterocycles. The van der Waals surface area contributed by atoms with Gasteiger partial charge in [0.25, 0.3) is 5.69 Å². The highest BCUT2D eigenvalue weighted by atomic mass is 16.6. The zero-order valence-corrected chi connectivity index (χ0v) is 9.97. The highest BCUT2D eigenvalue weighted by molar-refractivity contribution is 5.94. The summed E-state index contributed by atoms with van der Waals surface area (Å²) >= 11 is 0. The van der Waals surface area contributed by atoms with Crippen molar-refractivity contribution >= 4 is 11.7 Å². The number of nitro benzene ring substituents is 1. The van der Waals surface area contributed by atoms with Crippen molar-refractivity contribution in [3.8, 4) is 0 Å². The Morgan fingerprint density at radius 2 is 2.22 bits per heavy atom. The summed E-state index contributed by atoms with van der Waals surface area (Å²) in [6.45, 7) is 6.31. The monoisotopic (exact) mass is 250 g/mol. The molecule has 0 saturated heterocycles. The van der Waals surface area contributed by atoms with E-state index in [4.69, 9.17) is 5.11 Å². The number of benzene rings is 1. The van der Waals surface area contributed by atoms with Crippen LogP contribution < -0.4 is 5.32 Å². The van der Waals surface area contributed by atoms with E-state index in [1.165, 1.54) is 12.1 Å². The van der Waals surface area contributed by atoms with E-state index < -0.39 is 16.6 Å². The highest BCUT2D eigenvalue weighted by Crippen LogP contribution is 2.22. The molecule has 1 aromatic rings. The summed E-state index contributed by atoms with van der Waals surface area (Å²) in [5.41, 5.74) is 0.629. The second-order valence-electron chi connectivity index (χ2n) is 3.93. The molecule has 0 spiro atoms. The molecular formula is C12H14N2O4. The van der Waals surface area contributed by atoms with Crippen LogP contribution >= 0.6 is 0 Å². The number of carboxylic acids is 1. The van der Waals surface area contributed by atoms with Gasteiger partial charge in [-0.05, 0) is 12.5 Å². The Kier molecular flexibility index (Phi) is 4.56. The fraction of sp³-hybridized carbons (Fsp3) is 0.250. The van der Waals surface area contributed by atoms with Crippen molar-refractivity contribution in [3.05, 3.63) is 51.6 Å². The SMILES string of the molecule is C=C(C)CNCc1cccc([N+](=O)[O-])c1C(=O)O. The van der Waals surface area contributed by atoms with Crippen molar-refractivity contribution in [2.75, 3.05) is 6.54 Å². The number of nitrogens with zero attached hydrogens (tertiary/aromatic N) is 1. The summed E-state index contributed by atoms with van der Waals surface area (Å²) in [6.07, 6.45) is 0. The molecular weight excluding hydrogens is 236 g/mol. The van der Waals surface area contributed by atoms with Crippen LogP contribution in [-0.2, 0) is 6.54 Å². The first-order chi connectivity index (χ1) is 8.43. The number of hydrogen-bond acceptors (Lipinski definition) is 4. The molecule has 0 fully saturated rings. The van der Waals surface area contributed by atoms with Crippen molar-refractivity contribution < 1.29 is 14.8 Å². The summed E-state index contributed by atoms with van der Waals surface area (Å²) < 4.78 is 0. The molecule has 0 aromatic heterocycles. The first-order valence-electron chi connectivity index (χ1n) is 5.28. The van der Waals surface area contributed by atoms with Crippen LogP contribution in [0.3, 0.4) is 0 Å². The maximum atomic E-state index is 11.1. The number of rotatable bonds is 6. The third-order valence-corrected chi connectivity index (χ3v) is 2.28. The van der Waals surface area contributed by atoms with Crippen LogP contribution in [0.25, 0.3) is 0 Å². The zero-order chi connectivity index (χ0) is 13.7. The molecule has 0 bridgehead atoms. The van der Waals surface area contributed by atoms with Crippen LogP contribution in [0.15, 0.2) is 30.4 Å². The van der Waals surface area contributed by atoms with Crippen LogP contribution in [-0.4, -0.2) is 22.5 Å². The number of aromatic carboxylic acids is 1. The maximum absolute atomic E-state index is 11.1. The molecule has 1 rings (SSSR count). The zero-order valence-electron chi connectivity index (χ0n) is 9.97. The Morgan fingerprint density at radius 3 is 2.72 bits per heavy atom. The summed E-state index contributed by atoms with van der Waals surface area (Å²) in [7, 11) is 0. The number of nitrogens with one attached hydrogen (secondary N) is 1. The van der Waals surface area contributed by atoms with Gasteiger partial charge < -0.3 is 10.4 Å². The molecule has 6 heteroatoms. The molecule has 0 radical (unpaired) electrons. The van der Waals surface area contributed by atoms with Gasteiger partial charge in [0.2, 0.25) is 0 Å². The van der Waals surface area contributed by atoms with Crippen LogP contribution in [0.2, 0.25) is 0 Å². The van der Waals surface area contributed by atoms with E-state index in [0.717, 1.165) is 5.57 Å². The minimum absolute atomic E-state index is 0.246. The molecule has 0 amide bonds. The van der Waals surface area contributed by atoms with E-state index in [1.54, 1.807) is 6.07 Å². The van der Waals surface area contributed by atoms with Gasteiger partial charge in [0, 0.05) is 19.2 Å². The minimum Gasteiger partial charge on any atom is -0.477 e. The minimum atomic E-state index is -1.30. The Morgan fingerprint density at radius 1 is 1.56 bits per heavy atom. The van der Waals surface area contributed by atoms with Gasteiger partial charge in [-0.25, -0.2) is 4.79 Å². The molecule has 0 aliphatic rings. The van der Waals surface area contributed by atoms with Crippen molar-refractivity contribution in [1.82, 2.24) is 5.32 Å². The Hall–Kier alpha value is -2.21. The molecule has 0 aliphatic heterocycles. The molecule has 96 valence electrons. The van der Waals surface area contributed by atoms with Crippen molar-refractivity contribution in [2.45, 2.75) is 13.5 Å². The number of carboxylic acid groups (broad SMARTS) is 1. The van der Waals surface area contributed by atoms with Gasteiger partial charge in [0.1, 0.15) is 5.56 Å². The Bertz CT molecular complexity index is 497. The second-order valence-corrected chi connectivity index (χ2v) is 3.93. The summed E-state index contributed by atoms with van der Waals surface area (Å²) in [6, 6.07) is 4.22. The van der Waals surface area contributed by atoms with E-state index >= 15 is 0 Å². The fourth-order valence-corrected chi connectivity index (χ4v) is 1.54. The van der Waals surface area contributed by atoms with Gasteiger partial charge in [0.15, 0.2) is 0 Å². The fourth-order valence-electron chi connectivity index (χ4n) is 1.54. The molecule has 1 aromatic carbocycles. The van der Waals surface area contributed by atoms with Gasteiger partial charge in [-0.15, -0.1) is 0 Å². The number of carbonyl (C=O) groups is 1. The van der Waals surface area contributed by atoms with E-state index in [-0.39, 0.29) is 12.1 Å². The van der Waals surface area contributed by atoms with E-state index in [1.807, 2.05) is 6.92 Å². The van der Waals surface area contributed by atoms with Crippen LogP contribution in [0.4, 0.5) is 5.69 Å². The molecule has 0 atom stereocenters. The van der Waals surface area contributed by atoms with Crippen molar-refractivity contribution in [2.24, 2.45) is 0 Å². The van der Waals surface area contributed by atoms with Crippen molar-refractivity contribution in [3.63, 3.8) is 0 Å². The Labute approximate surface area is 104 Å². The van der Waals surface area contributed by atoms with Crippen LogP contribution in [0, 0.1) is 10.1 Å². The van der Waals surface area contributed by atoms with Crippen molar-refractivity contribution in [1.29, 1.82) is 0 Å². The number of nitro groups is 1. The average Bonchev–Trinajstić information content (AvgIpc) is 2.27. The third-order valence-electron chi connectivity index (χ3n) is 2.28. The first kappa shape index (κ1) is 13.9. The normalized spacial score (nSPS) is 10.1. The molecule has 0 unspecified atom stereocenters. The first-order valence-corrected chi connectivity index (χ1v) is 5.28. The largest absolute Gasteiger partial charge is 0.477 e.